The molecule has 0 spiro atoms. The summed E-state index contributed by atoms with van der Waals surface area (Å²) in [6, 6.07) is 30.6. The summed E-state index contributed by atoms with van der Waals surface area (Å²) in [7, 11) is -4.04. The van der Waals surface area contributed by atoms with Gasteiger partial charge in [-0.15, -0.1) is 0 Å². The van der Waals surface area contributed by atoms with Crippen LogP contribution in [0, 0.1) is 0 Å². The van der Waals surface area contributed by atoms with Gasteiger partial charge >= 0.3 is 0 Å². The van der Waals surface area contributed by atoms with Gasteiger partial charge in [0.15, 0.2) is 6.61 Å². The lowest BCUT2D eigenvalue weighted by molar-refractivity contribution is -0.123. The molecule has 4 aromatic rings. The van der Waals surface area contributed by atoms with Crippen LogP contribution in [0.3, 0.4) is 0 Å². The van der Waals surface area contributed by atoms with E-state index in [0.29, 0.717) is 22.9 Å². The minimum atomic E-state index is -4.04. The Kier molecular flexibility index (Phi) is 10.7. The number of hydrazone groups is 1. The lowest BCUT2D eigenvalue weighted by Gasteiger charge is -2.23. The molecule has 0 radical (unpaired) electrons. The predicted octanol–water partition coefficient (Wildman–Crippen LogP) is 4.42. The van der Waals surface area contributed by atoms with Gasteiger partial charge in [0.05, 0.1) is 16.8 Å². The van der Waals surface area contributed by atoms with Crippen molar-refractivity contribution in [2.75, 3.05) is 24.0 Å². The molecule has 2 amide bonds. The number of rotatable bonds is 13. The van der Waals surface area contributed by atoms with Gasteiger partial charge in [-0.3, -0.25) is 13.9 Å². The van der Waals surface area contributed by atoms with Crippen LogP contribution in [0.5, 0.6) is 5.75 Å². The van der Waals surface area contributed by atoms with Crippen molar-refractivity contribution in [2.24, 2.45) is 5.10 Å². The summed E-state index contributed by atoms with van der Waals surface area (Å²) in [5.41, 5.74) is 4.44. The Labute approximate surface area is 249 Å². The summed E-state index contributed by atoms with van der Waals surface area (Å²) < 4.78 is 33.2. The molecule has 0 unspecified atom stereocenters. The van der Waals surface area contributed by atoms with Gasteiger partial charge in [0.1, 0.15) is 12.3 Å². The standard InChI is InChI=1S/C31H29ClN4O5S/c32-26-13-15-27(16-14-26)36(42(39,40)29-9-5-2-6-10-29)22-30(37)35-34-21-25-11-17-28(18-12-25)41-23-31(38)33-20-19-24-7-3-1-4-8-24/h1-18,21H,19-20,22-23H2,(H,33,38)(H,35,37)/b34-21-. The molecule has 0 saturated carbocycles. The Hall–Kier alpha value is -4.67. The SMILES string of the molecule is O=C(COc1ccc(/C=N\NC(=O)CN(c2ccc(Cl)cc2)S(=O)(=O)c2ccccc2)cc1)NCCc1ccccc1. The van der Waals surface area contributed by atoms with E-state index in [1.54, 1.807) is 54.6 Å². The van der Waals surface area contributed by atoms with Gasteiger partial charge in [0, 0.05) is 11.6 Å². The molecule has 0 aromatic heterocycles. The largest absolute Gasteiger partial charge is 0.484 e. The van der Waals surface area contributed by atoms with E-state index in [0.717, 1.165) is 16.3 Å². The van der Waals surface area contributed by atoms with Crippen molar-refractivity contribution in [2.45, 2.75) is 11.3 Å². The van der Waals surface area contributed by atoms with Crippen LogP contribution in [-0.4, -0.2) is 46.1 Å². The predicted molar refractivity (Wildman–Crippen MR) is 163 cm³/mol. The molecule has 0 heterocycles. The van der Waals surface area contributed by atoms with Crippen LogP contribution < -0.4 is 19.8 Å². The zero-order valence-electron chi connectivity index (χ0n) is 22.5. The van der Waals surface area contributed by atoms with E-state index in [2.05, 4.69) is 15.8 Å². The molecule has 0 atom stereocenters. The van der Waals surface area contributed by atoms with E-state index in [1.807, 2.05) is 30.3 Å². The molecule has 11 heteroatoms. The number of anilines is 1. The topological polar surface area (TPSA) is 117 Å². The smallest absolute Gasteiger partial charge is 0.264 e. The minimum absolute atomic E-state index is 0.0447. The summed E-state index contributed by atoms with van der Waals surface area (Å²) in [6.07, 6.45) is 2.15. The van der Waals surface area contributed by atoms with Crippen LogP contribution in [0.1, 0.15) is 11.1 Å². The molecule has 0 saturated heterocycles. The molecule has 0 aliphatic heterocycles. The number of nitrogens with one attached hydrogen (secondary N) is 2. The third-order valence-corrected chi connectivity index (χ3v) is 8.00. The van der Waals surface area contributed by atoms with Crippen molar-refractivity contribution in [1.29, 1.82) is 0 Å². The van der Waals surface area contributed by atoms with Crippen LogP contribution in [-0.2, 0) is 26.0 Å². The highest BCUT2D eigenvalue weighted by Crippen LogP contribution is 2.25. The molecule has 0 aliphatic rings. The highest BCUT2D eigenvalue weighted by Gasteiger charge is 2.27. The molecule has 4 aromatic carbocycles. The number of nitrogens with zero attached hydrogens (tertiary/aromatic N) is 2. The monoisotopic (exact) mass is 604 g/mol. The second-order valence-electron chi connectivity index (χ2n) is 9.04. The molecular formula is C31H29ClN4O5S. The van der Waals surface area contributed by atoms with Gasteiger partial charge in [-0.05, 0) is 78.2 Å². The summed E-state index contributed by atoms with van der Waals surface area (Å²) >= 11 is 5.97. The summed E-state index contributed by atoms with van der Waals surface area (Å²) in [5.74, 6) is -0.362. The van der Waals surface area contributed by atoms with Crippen LogP contribution >= 0.6 is 11.6 Å². The highest BCUT2D eigenvalue weighted by molar-refractivity contribution is 7.92. The maximum Gasteiger partial charge on any atom is 0.264 e. The fourth-order valence-corrected chi connectivity index (χ4v) is 5.40. The number of carbonyl (C=O) groups excluding carboxylic acids is 2. The van der Waals surface area contributed by atoms with Gasteiger partial charge in [0.2, 0.25) is 0 Å². The van der Waals surface area contributed by atoms with Crippen LogP contribution in [0.4, 0.5) is 5.69 Å². The molecule has 0 aliphatic carbocycles. The van der Waals surface area contributed by atoms with E-state index >= 15 is 0 Å². The van der Waals surface area contributed by atoms with Gasteiger partial charge in [-0.25, -0.2) is 13.8 Å². The van der Waals surface area contributed by atoms with Crippen LogP contribution in [0.25, 0.3) is 0 Å². The lowest BCUT2D eigenvalue weighted by atomic mass is 10.1. The van der Waals surface area contributed by atoms with E-state index in [9.17, 15) is 18.0 Å². The zero-order chi connectivity index (χ0) is 29.8. The van der Waals surface area contributed by atoms with E-state index in [4.69, 9.17) is 16.3 Å². The normalized spacial score (nSPS) is 11.2. The summed E-state index contributed by atoms with van der Waals surface area (Å²) in [4.78, 5) is 24.8. The highest BCUT2D eigenvalue weighted by atomic mass is 35.5. The Morgan fingerprint density at radius 3 is 2.14 bits per heavy atom. The van der Waals surface area contributed by atoms with Gasteiger partial charge in [-0.2, -0.15) is 5.10 Å². The fourth-order valence-electron chi connectivity index (χ4n) is 3.83. The zero-order valence-corrected chi connectivity index (χ0v) is 24.1. The summed E-state index contributed by atoms with van der Waals surface area (Å²) in [5, 5.41) is 7.21. The third kappa shape index (κ3) is 8.92. The Balaban J connectivity index is 1.28. The van der Waals surface area contributed by atoms with E-state index < -0.39 is 22.5 Å². The first kappa shape index (κ1) is 30.3. The molecule has 42 heavy (non-hydrogen) atoms. The lowest BCUT2D eigenvalue weighted by Crippen LogP contribution is -2.39. The second-order valence-corrected chi connectivity index (χ2v) is 11.3. The molecule has 216 valence electrons. The number of carbonyl (C=O) groups is 2. The fraction of sp³-hybridized carbons (Fsp3) is 0.129. The average molecular weight is 605 g/mol. The molecular weight excluding hydrogens is 576 g/mol. The van der Waals surface area contributed by atoms with Crippen molar-refractivity contribution in [3.8, 4) is 5.75 Å². The van der Waals surface area contributed by atoms with Gasteiger partial charge in [-0.1, -0.05) is 60.1 Å². The average Bonchev–Trinajstić information content (AvgIpc) is 3.01. The van der Waals surface area contributed by atoms with Crippen molar-refractivity contribution < 1.29 is 22.7 Å². The molecule has 9 nitrogen and oxygen atoms in total. The second kappa shape index (κ2) is 14.8. The van der Waals surface area contributed by atoms with Crippen LogP contribution in [0.2, 0.25) is 5.02 Å². The van der Waals surface area contributed by atoms with E-state index in [-0.39, 0.29) is 23.1 Å². The number of benzene rings is 4. The third-order valence-electron chi connectivity index (χ3n) is 5.96. The van der Waals surface area contributed by atoms with Gasteiger partial charge in [0.25, 0.3) is 21.8 Å². The maximum atomic E-state index is 13.3. The molecule has 0 bridgehead atoms. The molecule has 0 fully saturated rings. The van der Waals surface area contributed by atoms with Gasteiger partial charge < -0.3 is 10.1 Å². The Morgan fingerprint density at radius 1 is 0.833 bits per heavy atom. The number of hydrogen-bond acceptors (Lipinski definition) is 6. The minimum Gasteiger partial charge on any atom is -0.484 e. The summed E-state index contributed by atoms with van der Waals surface area (Å²) in [6.45, 7) is -0.104. The quantitative estimate of drug-likeness (QED) is 0.173. The number of hydrogen-bond donors (Lipinski definition) is 2. The van der Waals surface area contributed by atoms with Crippen molar-refractivity contribution in [3.05, 3.63) is 125 Å². The number of amides is 2. The number of halogens is 1. The van der Waals surface area contributed by atoms with Crippen molar-refractivity contribution in [1.82, 2.24) is 10.7 Å². The van der Waals surface area contributed by atoms with Crippen molar-refractivity contribution in [3.63, 3.8) is 0 Å². The Bertz CT molecular complexity index is 1600. The molecule has 2 N–H and O–H groups in total. The maximum absolute atomic E-state index is 13.3. The molecule has 4 rings (SSSR count). The number of ether oxygens (including phenoxy) is 1. The van der Waals surface area contributed by atoms with Crippen molar-refractivity contribution >= 4 is 45.3 Å². The van der Waals surface area contributed by atoms with Crippen LogP contribution in [0.15, 0.2) is 119 Å². The number of sulfonamides is 1. The first-order chi connectivity index (χ1) is 20.3. The van der Waals surface area contributed by atoms with E-state index in [1.165, 1.54) is 30.5 Å². The first-order valence-corrected chi connectivity index (χ1v) is 14.8. The first-order valence-electron chi connectivity index (χ1n) is 13.0. The Morgan fingerprint density at radius 2 is 1.48 bits per heavy atom.